The van der Waals surface area contributed by atoms with Crippen LogP contribution in [0.15, 0.2) is 29.8 Å². The molecule has 0 saturated carbocycles. The Kier molecular flexibility index (Phi) is 10.7. The first-order valence-electron chi connectivity index (χ1n) is 7.35. The van der Waals surface area contributed by atoms with Crippen LogP contribution in [-0.4, -0.2) is 5.92 Å². The Morgan fingerprint density at radius 2 is 1.70 bits per heavy atom. The van der Waals surface area contributed by atoms with Gasteiger partial charge >= 0.3 is 125 Å². The van der Waals surface area contributed by atoms with Gasteiger partial charge in [0.2, 0.25) is 0 Å². The molecule has 4 heteroatoms. The van der Waals surface area contributed by atoms with E-state index < -0.39 is 0 Å². The van der Waals surface area contributed by atoms with Crippen molar-refractivity contribution in [1.29, 1.82) is 0 Å². The van der Waals surface area contributed by atoms with Gasteiger partial charge in [-0.15, -0.1) is 0 Å². The van der Waals surface area contributed by atoms with Crippen molar-refractivity contribution in [3.8, 4) is 0 Å². The maximum absolute atomic E-state index is 2.51. The number of halogens is 2. The van der Waals surface area contributed by atoms with E-state index in [1.54, 1.807) is 11.1 Å². The number of benzene rings is 1. The number of allylic oxidation sites excluding steroid dienone is 1. The zero-order valence-corrected chi connectivity index (χ0v) is 17.8. The van der Waals surface area contributed by atoms with Crippen LogP contribution in [0.3, 0.4) is 0 Å². The molecule has 0 heterocycles. The van der Waals surface area contributed by atoms with Gasteiger partial charge in [-0.3, -0.25) is 0 Å². The zero-order valence-electron chi connectivity index (χ0n) is 12.6. The molecule has 0 aromatic heterocycles. The van der Waals surface area contributed by atoms with Crippen molar-refractivity contribution in [2.75, 3.05) is 0 Å². The first-order chi connectivity index (χ1) is 8.80. The van der Waals surface area contributed by atoms with Crippen LogP contribution in [0.2, 0.25) is 12.1 Å². The molecule has 1 atom stereocenters. The Hall–Kier alpha value is 0.640. The molecule has 1 aliphatic rings. The van der Waals surface area contributed by atoms with Gasteiger partial charge in [0.15, 0.2) is 0 Å². The second kappa shape index (κ2) is 10.4. The van der Waals surface area contributed by atoms with E-state index in [0.29, 0.717) is 0 Å². The molecule has 1 unspecified atom stereocenters. The first-order valence-corrected chi connectivity index (χ1v) is 15.2. The normalized spacial score (nSPS) is 15.8. The SMILES string of the molecule is CCCC1=Cc2ccccc2[CH]1[Zr+2][SiH](CC)CC.[Cl-].[Cl-]. The third kappa shape index (κ3) is 4.83. The van der Waals surface area contributed by atoms with E-state index in [0.717, 1.165) is 3.63 Å². The topological polar surface area (TPSA) is 0 Å². The van der Waals surface area contributed by atoms with Crippen molar-refractivity contribution in [2.24, 2.45) is 0 Å². The van der Waals surface area contributed by atoms with E-state index in [2.05, 4.69) is 51.1 Å². The van der Waals surface area contributed by atoms with Crippen LogP contribution in [-0.2, 0) is 22.4 Å². The second-order valence-electron chi connectivity index (χ2n) is 5.21. The summed E-state index contributed by atoms with van der Waals surface area (Å²) in [5, 5.41) is 0. The molecule has 110 valence electrons. The van der Waals surface area contributed by atoms with Gasteiger partial charge in [0.25, 0.3) is 0 Å². The molecule has 0 nitrogen and oxygen atoms in total. The minimum Gasteiger partial charge on any atom is -1.00 e. The molecule has 0 fully saturated rings. The van der Waals surface area contributed by atoms with Crippen molar-refractivity contribution in [3.05, 3.63) is 41.0 Å². The van der Waals surface area contributed by atoms with E-state index in [9.17, 15) is 0 Å². The fourth-order valence-electron chi connectivity index (χ4n) is 2.85. The summed E-state index contributed by atoms with van der Waals surface area (Å²) in [5.41, 5.74) is 5.00. The smallest absolute Gasteiger partial charge is 1.00 e. The Balaban J connectivity index is 0.00000180. The number of fused-ring (bicyclic) bond motifs is 1. The summed E-state index contributed by atoms with van der Waals surface area (Å²) in [5.74, 6) is -0.338. The monoisotopic (exact) mass is 404 g/mol. The molecule has 0 aliphatic heterocycles. The van der Waals surface area contributed by atoms with Crippen LogP contribution in [0.1, 0.15) is 48.4 Å². The van der Waals surface area contributed by atoms with Crippen molar-refractivity contribution >= 4 is 12.0 Å². The molecule has 0 radical (unpaired) electrons. The van der Waals surface area contributed by atoms with Crippen molar-refractivity contribution < 1.29 is 47.2 Å². The van der Waals surface area contributed by atoms with Crippen molar-refractivity contribution in [2.45, 2.75) is 49.3 Å². The molecule has 1 aromatic carbocycles. The van der Waals surface area contributed by atoms with E-state index in [1.807, 2.05) is 0 Å². The Bertz CT molecular complexity index is 430. The van der Waals surface area contributed by atoms with Gasteiger partial charge in [0.05, 0.1) is 0 Å². The molecule has 0 amide bonds. The zero-order chi connectivity index (χ0) is 13.0. The molecule has 0 spiro atoms. The van der Waals surface area contributed by atoms with Crippen LogP contribution in [0.5, 0.6) is 0 Å². The van der Waals surface area contributed by atoms with E-state index in [4.69, 9.17) is 0 Å². The third-order valence-electron chi connectivity index (χ3n) is 3.95. The molecule has 1 aliphatic carbocycles. The largest absolute Gasteiger partial charge is 1.00 e. The fraction of sp³-hybridized carbons (Fsp3) is 0.500. The van der Waals surface area contributed by atoms with Crippen LogP contribution in [0, 0.1) is 0 Å². The molecule has 1 aromatic rings. The number of hydrogen-bond donors (Lipinski definition) is 0. The Morgan fingerprint density at radius 1 is 1.05 bits per heavy atom. The van der Waals surface area contributed by atoms with Crippen LogP contribution in [0.4, 0.5) is 0 Å². The molecule has 0 N–H and O–H groups in total. The van der Waals surface area contributed by atoms with Gasteiger partial charge < -0.3 is 24.8 Å². The van der Waals surface area contributed by atoms with Gasteiger partial charge in [-0.1, -0.05) is 0 Å². The van der Waals surface area contributed by atoms with Crippen LogP contribution in [0.25, 0.3) is 6.08 Å². The van der Waals surface area contributed by atoms with Crippen molar-refractivity contribution in [3.63, 3.8) is 0 Å². The van der Waals surface area contributed by atoms with Gasteiger partial charge in [-0.2, -0.15) is 0 Å². The molecular formula is C16H24Cl2SiZr. The quantitative estimate of drug-likeness (QED) is 0.520. The molecule has 2 rings (SSSR count). The summed E-state index contributed by atoms with van der Waals surface area (Å²) in [6.07, 6.45) is 5.15. The Labute approximate surface area is 148 Å². The van der Waals surface area contributed by atoms with Gasteiger partial charge in [0, 0.05) is 0 Å². The van der Waals surface area contributed by atoms with E-state index >= 15 is 0 Å². The summed E-state index contributed by atoms with van der Waals surface area (Å²) in [6, 6.07) is 12.2. The predicted molar refractivity (Wildman–Crippen MR) is 80.2 cm³/mol. The second-order valence-corrected chi connectivity index (χ2v) is 18.5. The fourth-order valence-corrected chi connectivity index (χ4v) is 15.8. The number of hydrogen-bond acceptors (Lipinski definition) is 0. The molecule has 0 saturated heterocycles. The average Bonchev–Trinajstić information content (AvgIpc) is 2.74. The summed E-state index contributed by atoms with van der Waals surface area (Å²) in [7, 11) is 0. The standard InChI is InChI=1S/C12H13.C4H11Si.2ClH.Zr/c1-2-5-10-8-11-6-3-4-7-12(11)9-10;1-3-5-4-2;;;/h3-4,6-9H,2,5H2,1H3;5H,3-4H2,1-2H3;2*1H;/q;;;;+2/p-2. The third-order valence-corrected chi connectivity index (χ3v) is 20.4. The van der Waals surface area contributed by atoms with Gasteiger partial charge in [-0.25, -0.2) is 0 Å². The minimum atomic E-state index is -0.338. The molecular weight excluding hydrogens is 382 g/mol. The van der Waals surface area contributed by atoms with Gasteiger partial charge in [-0.05, 0) is 0 Å². The van der Waals surface area contributed by atoms with Crippen LogP contribution < -0.4 is 24.8 Å². The maximum Gasteiger partial charge on any atom is -1.00 e. The summed E-state index contributed by atoms with van der Waals surface area (Å²) >= 11 is -0.215. The summed E-state index contributed by atoms with van der Waals surface area (Å²) < 4.78 is 0.932. The average molecular weight is 407 g/mol. The van der Waals surface area contributed by atoms with E-state index in [-0.39, 0.29) is 53.1 Å². The minimum absolute atomic E-state index is 0. The van der Waals surface area contributed by atoms with Crippen molar-refractivity contribution in [1.82, 2.24) is 0 Å². The Morgan fingerprint density at radius 3 is 2.30 bits per heavy atom. The van der Waals surface area contributed by atoms with E-state index in [1.165, 1.54) is 30.5 Å². The molecule has 20 heavy (non-hydrogen) atoms. The van der Waals surface area contributed by atoms with Crippen LogP contribution >= 0.6 is 0 Å². The van der Waals surface area contributed by atoms with Gasteiger partial charge in [0.1, 0.15) is 0 Å². The summed E-state index contributed by atoms with van der Waals surface area (Å²) in [4.78, 5) is 0. The maximum atomic E-state index is 2.51. The summed E-state index contributed by atoms with van der Waals surface area (Å²) in [6.45, 7) is 7.19. The molecule has 0 bridgehead atoms. The predicted octanol–water partition coefficient (Wildman–Crippen LogP) is -1.22. The first kappa shape index (κ1) is 20.6. The number of rotatable bonds is 6.